The molecule has 2 unspecified atom stereocenters. The predicted octanol–water partition coefficient (Wildman–Crippen LogP) is 3.43. The summed E-state index contributed by atoms with van der Waals surface area (Å²) in [7, 11) is 0. The molecular weight excluding hydrogens is 256 g/mol. The summed E-state index contributed by atoms with van der Waals surface area (Å²) in [6, 6.07) is 7.20. The summed E-state index contributed by atoms with van der Waals surface area (Å²) < 4.78 is 5.47. The van der Waals surface area contributed by atoms with Gasteiger partial charge in [-0.25, -0.2) is 0 Å². The van der Waals surface area contributed by atoms with Crippen LogP contribution in [0.5, 0.6) is 0 Å². The van der Waals surface area contributed by atoms with Crippen molar-refractivity contribution in [3.8, 4) is 0 Å². The van der Waals surface area contributed by atoms with Crippen LogP contribution in [0.4, 0.5) is 0 Å². The van der Waals surface area contributed by atoms with Gasteiger partial charge in [-0.15, -0.1) is 11.8 Å². The van der Waals surface area contributed by atoms with Crippen molar-refractivity contribution >= 4 is 29.1 Å². The van der Waals surface area contributed by atoms with Gasteiger partial charge in [0.25, 0.3) is 0 Å². The van der Waals surface area contributed by atoms with Crippen molar-refractivity contribution in [3.05, 3.63) is 34.9 Å². The highest BCUT2D eigenvalue weighted by Gasteiger charge is 2.25. The van der Waals surface area contributed by atoms with Gasteiger partial charge in [-0.2, -0.15) is 0 Å². The first kappa shape index (κ1) is 12.9. The molecule has 1 heterocycles. The monoisotopic (exact) mass is 270 g/mol. The van der Waals surface area contributed by atoms with Crippen LogP contribution in [0.15, 0.2) is 24.3 Å². The predicted molar refractivity (Wildman–Crippen MR) is 72.1 cm³/mol. The normalized spacial score (nSPS) is 23.9. The van der Waals surface area contributed by atoms with Gasteiger partial charge >= 0.3 is 0 Å². The number of rotatable bonds is 4. The van der Waals surface area contributed by atoms with E-state index in [1.807, 2.05) is 12.1 Å². The van der Waals surface area contributed by atoms with Crippen molar-refractivity contribution in [1.82, 2.24) is 0 Å². The summed E-state index contributed by atoms with van der Waals surface area (Å²) in [5.41, 5.74) is 0.619. The van der Waals surface area contributed by atoms with Crippen LogP contribution >= 0.6 is 23.4 Å². The lowest BCUT2D eigenvalue weighted by Gasteiger charge is -2.12. The Labute approximate surface area is 111 Å². The molecule has 1 aromatic rings. The maximum atomic E-state index is 12.0. The fraction of sp³-hybridized carbons (Fsp3) is 0.462. The Morgan fingerprint density at radius 3 is 2.94 bits per heavy atom. The minimum atomic E-state index is 0.0969. The zero-order valence-corrected chi connectivity index (χ0v) is 11.3. The molecular formula is C13H15ClO2S. The molecule has 0 aliphatic carbocycles. The molecule has 1 fully saturated rings. The molecule has 0 spiro atoms. The van der Waals surface area contributed by atoms with E-state index in [2.05, 4.69) is 6.92 Å². The smallest absolute Gasteiger partial charge is 0.174 e. The number of benzene rings is 1. The van der Waals surface area contributed by atoms with E-state index in [0.717, 1.165) is 13.0 Å². The van der Waals surface area contributed by atoms with E-state index in [1.54, 1.807) is 23.9 Å². The third kappa shape index (κ3) is 3.24. The molecule has 1 aliphatic rings. The summed E-state index contributed by atoms with van der Waals surface area (Å²) >= 11 is 7.66. The van der Waals surface area contributed by atoms with E-state index in [4.69, 9.17) is 16.3 Å². The lowest BCUT2D eigenvalue weighted by molar-refractivity contribution is 0.102. The highest BCUT2D eigenvalue weighted by molar-refractivity contribution is 8.00. The quantitative estimate of drug-likeness (QED) is 0.784. The van der Waals surface area contributed by atoms with Gasteiger partial charge < -0.3 is 4.74 Å². The van der Waals surface area contributed by atoms with Crippen molar-refractivity contribution < 1.29 is 9.53 Å². The van der Waals surface area contributed by atoms with Crippen molar-refractivity contribution in [2.24, 2.45) is 0 Å². The molecule has 0 radical (unpaired) electrons. The van der Waals surface area contributed by atoms with Gasteiger partial charge in [0.1, 0.15) is 0 Å². The third-order valence-corrected chi connectivity index (χ3v) is 4.72. The number of carbonyl (C=O) groups is 1. The first-order valence-electron chi connectivity index (χ1n) is 5.69. The lowest BCUT2D eigenvalue weighted by Crippen LogP contribution is -2.16. The number of thioether (sulfide) groups is 1. The van der Waals surface area contributed by atoms with Crippen molar-refractivity contribution in [1.29, 1.82) is 0 Å². The standard InChI is InChI=1S/C13H15ClO2S/c1-9-13(6-7-16-9)17-8-12(15)10-4-2-3-5-11(10)14/h2-5,9,13H,6-8H2,1H3. The van der Waals surface area contributed by atoms with Crippen LogP contribution in [0, 0.1) is 0 Å². The summed E-state index contributed by atoms with van der Waals surface area (Å²) in [6.45, 7) is 2.86. The Balaban J connectivity index is 1.91. The summed E-state index contributed by atoms with van der Waals surface area (Å²) in [4.78, 5) is 12.0. The maximum absolute atomic E-state index is 12.0. The zero-order chi connectivity index (χ0) is 12.3. The fourth-order valence-corrected chi connectivity index (χ4v) is 3.25. The van der Waals surface area contributed by atoms with Gasteiger partial charge in [0.05, 0.1) is 16.9 Å². The van der Waals surface area contributed by atoms with Gasteiger partial charge in [-0.3, -0.25) is 4.79 Å². The van der Waals surface area contributed by atoms with Gasteiger partial charge in [-0.1, -0.05) is 23.7 Å². The van der Waals surface area contributed by atoms with E-state index in [9.17, 15) is 4.79 Å². The fourth-order valence-electron chi connectivity index (χ4n) is 1.88. The molecule has 0 saturated carbocycles. The molecule has 2 atom stereocenters. The molecule has 2 nitrogen and oxygen atoms in total. The largest absolute Gasteiger partial charge is 0.377 e. The second kappa shape index (κ2) is 5.89. The Hall–Kier alpha value is -0.510. The lowest BCUT2D eigenvalue weighted by atomic mass is 10.1. The second-order valence-corrected chi connectivity index (χ2v) is 5.75. The van der Waals surface area contributed by atoms with Crippen LogP contribution in [-0.2, 0) is 4.74 Å². The van der Waals surface area contributed by atoms with E-state index in [-0.39, 0.29) is 11.9 Å². The summed E-state index contributed by atoms with van der Waals surface area (Å²) in [5.74, 6) is 0.571. The van der Waals surface area contributed by atoms with Gasteiger partial charge in [0.2, 0.25) is 0 Å². The maximum Gasteiger partial charge on any atom is 0.174 e. The van der Waals surface area contributed by atoms with Crippen LogP contribution in [-0.4, -0.2) is 29.5 Å². The van der Waals surface area contributed by atoms with E-state index >= 15 is 0 Å². The Morgan fingerprint density at radius 2 is 2.29 bits per heavy atom. The molecule has 4 heteroatoms. The first-order valence-corrected chi connectivity index (χ1v) is 7.12. The van der Waals surface area contributed by atoms with Crippen LogP contribution in [0.2, 0.25) is 5.02 Å². The Bertz CT molecular complexity index is 408. The molecule has 0 bridgehead atoms. The van der Waals surface area contributed by atoms with Crippen LogP contribution in [0.25, 0.3) is 0 Å². The third-order valence-electron chi connectivity index (χ3n) is 2.91. The van der Waals surface area contributed by atoms with E-state index < -0.39 is 0 Å². The summed E-state index contributed by atoms with van der Waals surface area (Å²) in [6.07, 6.45) is 1.28. The van der Waals surface area contributed by atoms with E-state index in [0.29, 0.717) is 21.6 Å². The molecule has 0 amide bonds. The molecule has 17 heavy (non-hydrogen) atoms. The van der Waals surface area contributed by atoms with Crippen molar-refractivity contribution in [2.75, 3.05) is 12.4 Å². The van der Waals surface area contributed by atoms with Crippen LogP contribution in [0.3, 0.4) is 0 Å². The molecule has 0 aromatic heterocycles. The van der Waals surface area contributed by atoms with Crippen LogP contribution < -0.4 is 0 Å². The minimum absolute atomic E-state index is 0.0969. The number of Topliss-reactive ketones (excluding diaryl/α,β-unsaturated/α-hetero) is 1. The number of ether oxygens (including phenoxy) is 1. The van der Waals surface area contributed by atoms with Gasteiger partial charge in [0.15, 0.2) is 5.78 Å². The molecule has 1 aliphatic heterocycles. The Kier molecular flexibility index (Phi) is 4.48. The Morgan fingerprint density at radius 1 is 1.53 bits per heavy atom. The molecule has 2 rings (SSSR count). The number of hydrogen-bond donors (Lipinski definition) is 0. The average molecular weight is 271 g/mol. The van der Waals surface area contributed by atoms with E-state index in [1.165, 1.54) is 0 Å². The molecule has 0 N–H and O–H groups in total. The number of carbonyl (C=O) groups excluding carboxylic acids is 1. The minimum Gasteiger partial charge on any atom is -0.377 e. The number of hydrogen-bond acceptors (Lipinski definition) is 3. The molecule has 1 aromatic carbocycles. The number of ketones is 1. The molecule has 1 saturated heterocycles. The highest BCUT2D eigenvalue weighted by Crippen LogP contribution is 2.27. The van der Waals surface area contributed by atoms with Crippen molar-refractivity contribution in [3.63, 3.8) is 0 Å². The second-order valence-electron chi connectivity index (χ2n) is 4.12. The topological polar surface area (TPSA) is 26.3 Å². The highest BCUT2D eigenvalue weighted by atomic mass is 35.5. The zero-order valence-electron chi connectivity index (χ0n) is 9.69. The van der Waals surface area contributed by atoms with Gasteiger partial charge in [0, 0.05) is 17.4 Å². The first-order chi connectivity index (χ1) is 8.18. The average Bonchev–Trinajstić information content (AvgIpc) is 2.72. The van der Waals surface area contributed by atoms with Crippen LogP contribution in [0.1, 0.15) is 23.7 Å². The van der Waals surface area contributed by atoms with Gasteiger partial charge in [-0.05, 0) is 25.5 Å². The summed E-state index contributed by atoms with van der Waals surface area (Å²) in [5, 5.41) is 0.968. The number of halogens is 1. The van der Waals surface area contributed by atoms with Crippen molar-refractivity contribution in [2.45, 2.75) is 24.7 Å². The molecule has 92 valence electrons. The SMILES string of the molecule is CC1OCCC1SCC(=O)c1ccccc1Cl.